The third kappa shape index (κ3) is 2.78. The van der Waals surface area contributed by atoms with Gasteiger partial charge in [-0.05, 0) is 0 Å². The van der Waals surface area contributed by atoms with Crippen LogP contribution in [-0.2, 0) is 0 Å². The molecule has 0 saturated carbocycles. The average Bonchev–Trinajstić information content (AvgIpc) is 1.38. The fourth-order valence-electron chi connectivity index (χ4n) is 0. The van der Waals surface area contributed by atoms with E-state index in [0.29, 0.717) is 0 Å². The molecule has 1 atom stereocenters. The van der Waals surface area contributed by atoms with Gasteiger partial charge in [-0.25, -0.2) is 0 Å². The third-order valence-electron chi connectivity index (χ3n) is 0.0786. The Labute approximate surface area is 36.2 Å². The molecule has 0 N–H and O–H groups in total. The summed E-state index contributed by atoms with van der Waals surface area (Å²) < 4.78 is 6.63. The summed E-state index contributed by atoms with van der Waals surface area (Å²) in [4.78, 5) is 0. The summed E-state index contributed by atoms with van der Waals surface area (Å²) in [6.07, 6.45) is 0. The molecule has 4 heteroatoms. The Kier molecular flexibility index (Phi) is 2.82. The summed E-state index contributed by atoms with van der Waals surface area (Å²) in [6, 6.07) is 1.38. The van der Waals surface area contributed by atoms with Gasteiger partial charge in [0.25, 0.3) is 0 Å². The van der Waals surface area contributed by atoms with Crippen LogP contribution in [0.15, 0.2) is 0 Å². The summed E-state index contributed by atoms with van der Waals surface area (Å²) >= 11 is 4.34. The van der Waals surface area contributed by atoms with Crippen molar-refractivity contribution in [2.45, 2.75) is 0 Å². The van der Waals surface area contributed by atoms with Crippen LogP contribution >= 0.6 is 21.2 Å². The SMILES string of the molecule is [2H]B(P)B=S. The van der Waals surface area contributed by atoms with Crippen LogP contribution in [0, 0.1) is 0 Å². The molecule has 0 amide bonds. The topological polar surface area (TPSA) is 0 Å². The van der Waals surface area contributed by atoms with Gasteiger partial charge < -0.3 is 0 Å². The number of hydrogen-bond acceptors (Lipinski definition) is 1. The molecule has 0 aromatic carbocycles. The van der Waals surface area contributed by atoms with Gasteiger partial charge in [0, 0.05) is 0 Å². The summed E-state index contributed by atoms with van der Waals surface area (Å²) in [5.41, 5.74) is 0. The standard InChI is InChI=1S/B2H3PS/c3-1-2-4/h1H,3H2/i1D. The second kappa shape index (κ2) is 3.78. The van der Waals surface area contributed by atoms with Gasteiger partial charge in [-0.2, -0.15) is 0 Å². The Morgan fingerprint density at radius 2 is 2.75 bits per heavy atom. The maximum atomic E-state index is 6.63. The van der Waals surface area contributed by atoms with Crippen LogP contribution in [0.2, 0.25) is 0 Å². The molecule has 0 radical (unpaired) electrons. The van der Waals surface area contributed by atoms with Crippen molar-refractivity contribution in [3.05, 3.63) is 0 Å². The normalized spacial score (nSPS) is 7.75. The van der Waals surface area contributed by atoms with Crippen molar-refractivity contribution < 1.29 is 0 Å². The molecule has 0 bridgehead atoms. The number of hydrogen-bond donors (Lipinski definition) is 0. The molecule has 0 nitrogen and oxygen atoms in total. The Bertz CT molecular complexity index is 36.6. The van der Waals surface area contributed by atoms with Crippen molar-refractivity contribution in [2.24, 2.45) is 0 Å². The fraction of sp³-hybridized carbons (Fsp3) is 0. The van der Waals surface area contributed by atoms with Crippen molar-refractivity contribution in [3.63, 3.8) is 0 Å². The molecule has 20 valence electrons. The van der Waals surface area contributed by atoms with E-state index in [1.807, 2.05) is 0 Å². The summed E-state index contributed by atoms with van der Waals surface area (Å²) in [5.74, 6) is 0. The molecule has 0 aromatic rings. The van der Waals surface area contributed by atoms with Crippen LogP contribution in [0.25, 0.3) is 0 Å². The Hall–Kier alpha value is 0.780. The van der Waals surface area contributed by atoms with E-state index in [2.05, 4.69) is 21.2 Å². The molecule has 0 saturated heterocycles. The molecule has 0 aliphatic carbocycles. The Morgan fingerprint density at radius 1 is 2.50 bits per heavy atom. The molecule has 0 rings (SSSR count). The van der Waals surface area contributed by atoms with Gasteiger partial charge in [0.05, 0.1) is 0 Å². The quantitative estimate of drug-likeness (QED) is 0.320. The van der Waals surface area contributed by atoms with Gasteiger partial charge in [0.15, 0.2) is 0 Å². The minimum atomic E-state index is -0.259. The second-order valence-electron chi connectivity index (χ2n) is 0.329. The summed E-state index contributed by atoms with van der Waals surface area (Å²) in [7, 11) is 2.24. The summed E-state index contributed by atoms with van der Waals surface area (Å²) in [5, 5.41) is 0. The van der Waals surface area contributed by atoms with E-state index in [0.717, 1.165) is 0 Å². The molecular formula is H3B2PS. The summed E-state index contributed by atoms with van der Waals surface area (Å²) in [6.45, 7) is -0.259. The van der Waals surface area contributed by atoms with Crippen LogP contribution < -0.4 is 0 Å². The first kappa shape index (κ1) is 2.99. The van der Waals surface area contributed by atoms with Crippen molar-refractivity contribution in [3.8, 4) is 0 Å². The third-order valence-corrected chi connectivity index (χ3v) is 0.707. The van der Waals surface area contributed by atoms with Crippen LogP contribution in [-0.4, -0.2) is 14.2 Å². The van der Waals surface area contributed by atoms with Crippen LogP contribution in [0.4, 0.5) is 0 Å². The Balaban J connectivity index is 2.83. The van der Waals surface area contributed by atoms with E-state index in [9.17, 15) is 0 Å². The van der Waals surface area contributed by atoms with Crippen LogP contribution in [0.5, 0.6) is 0 Å². The van der Waals surface area contributed by atoms with E-state index in [-0.39, 0.29) is 6.85 Å². The van der Waals surface area contributed by atoms with E-state index in [1.165, 1.54) is 6.05 Å². The van der Waals surface area contributed by atoms with Gasteiger partial charge in [-0.1, -0.05) is 0 Å². The average molecular weight is 88.7 g/mol. The van der Waals surface area contributed by atoms with E-state index in [4.69, 9.17) is 1.34 Å². The molecule has 4 heavy (non-hydrogen) atoms. The van der Waals surface area contributed by atoms with Crippen molar-refractivity contribution >= 4 is 34.1 Å². The molecular weight excluding hydrogens is 84.7 g/mol. The van der Waals surface area contributed by atoms with E-state index < -0.39 is 0 Å². The van der Waals surface area contributed by atoms with Gasteiger partial charge in [0.1, 0.15) is 0 Å². The molecule has 0 aromatic heterocycles. The first-order valence-corrected chi connectivity index (χ1v) is 2.04. The van der Waals surface area contributed by atoms with Gasteiger partial charge in [0.2, 0.25) is 0 Å². The predicted octanol–water partition coefficient (Wildman–Crippen LogP) is -0.0553. The van der Waals surface area contributed by atoms with Crippen LogP contribution in [0.1, 0.15) is 0 Å². The maximum absolute atomic E-state index is 6.63. The van der Waals surface area contributed by atoms with E-state index >= 15 is 0 Å². The van der Waals surface area contributed by atoms with Crippen molar-refractivity contribution in [2.75, 3.05) is 0 Å². The zero-order chi connectivity index (χ0) is 4.28. The molecule has 0 fully saturated rings. The van der Waals surface area contributed by atoms with Crippen LogP contribution in [0.3, 0.4) is 0 Å². The fourth-order valence-corrected chi connectivity index (χ4v) is 0. The second-order valence-corrected chi connectivity index (χ2v) is 0.986. The Morgan fingerprint density at radius 3 is 2.75 bits per heavy atom. The minimum absolute atomic E-state index is 0.259. The van der Waals surface area contributed by atoms with E-state index in [1.54, 1.807) is 0 Å². The molecule has 0 heterocycles. The zero-order valence-corrected chi connectivity index (χ0v) is 4.11. The van der Waals surface area contributed by atoms with Crippen molar-refractivity contribution in [1.29, 1.82) is 1.34 Å². The van der Waals surface area contributed by atoms with Gasteiger partial charge in [-0.15, -0.1) is 0 Å². The van der Waals surface area contributed by atoms with Gasteiger partial charge in [-0.3, -0.25) is 0 Å². The zero-order valence-electron chi connectivity index (χ0n) is 3.14. The number of rotatable bonds is 1. The molecule has 0 spiro atoms. The first-order chi connectivity index (χ1) is 2.27. The predicted molar refractivity (Wildman–Crippen MR) is 30.2 cm³/mol. The monoisotopic (exact) mass is 89.0 g/mol. The molecule has 1 unspecified atom stereocenters. The molecule has 0 aliphatic heterocycles. The first-order valence-electron chi connectivity index (χ1n) is 1.48. The molecule has 0 aliphatic rings. The van der Waals surface area contributed by atoms with Crippen molar-refractivity contribution in [1.82, 2.24) is 0 Å². The van der Waals surface area contributed by atoms with Gasteiger partial charge >= 0.3 is 35.4 Å².